The molecule has 1 aliphatic heterocycles. The molecule has 10 heteroatoms. The quantitative estimate of drug-likeness (QED) is 0.539. The molecule has 1 aliphatic rings. The molecule has 1 aromatic carbocycles. The molecule has 0 radical (unpaired) electrons. The number of nitrogens with one attached hydrogen (secondary N) is 1. The fourth-order valence-corrected chi connectivity index (χ4v) is 3.91. The molecule has 0 aliphatic carbocycles. The van der Waals surface area contributed by atoms with E-state index in [4.69, 9.17) is 0 Å². The molecule has 0 spiro atoms. The van der Waals surface area contributed by atoms with Crippen molar-refractivity contribution in [3.8, 4) is 0 Å². The first-order valence-electron chi connectivity index (χ1n) is 8.30. The molecule has 152 valence electrons. The van der Waals surface area contributed by atoms with Gasteiger partial charge in [-0.25, -0.2) is 17.2 Å². The SMILES string of the molecule is C=C(C)CCCC1CN(S(=O)(=O)C(F)(F)F)Cc2cc(C(F)F)ccc2N1. The number of rotatable bonds is 6. The predicted octanol–water partition coefficient (Wildman–Crippen LogP) is 4.82. The van der Waals surface area contributed by atoms with Crippen molar-refractivity contribution in [1.29, 1.82) is 0 Å². The molecular formula is C17H21F5N2O2S. The summed E-state index contributed by atoms with van der Waals surface area (Å²) in [5.41, 5.74) is -4.48. The minimum absolute atomic E-state index is 0.0861. The fraction of sp³-hybridized carbons (Fsp3) is 0.529. The second-order valence-electron chi connectivity index (χ2n) is 6.65. The first-order valence-corrected chi connectivity index (χ1v) is 9.74. The van der Waals surface area contributed by atoms with Crippen LogP contribution in [0.5, 0.6) is 0 Å². The smallest absolute Gasteiger partial charge is 0.381 e. The molecule has 0 bridgehead atoms. The summed E-state index contributed by atoms with van der Waals surface area (Å²) < 4.78 is 89.2. The van der Waals surface area contributed by atoms with Gasteiger partial charge in [0.1, 0.15) is 0 Å². The van der Waals surface area contributed by atoms with Crippen molar-refractivity contribution in [3.63, 3.8) is 0 Å². The highest BCUT2D eigenvalue weighted by atomic mass is 32.2. The van der Waals surface area contributed by atoms with E-state index >= 15 is 0 Å². The van der Waals surface area contributed by atoms with Crippen LogP contribution in [0.15, 0.2) is 30.4 Å². The summed E-state index contributed by atoms with van der Waals surface area (Å²) in [6.45, 7) is 4.55. The molecule has 1 atom stereocenters. The van der Waals surface area contributed by atoms with Gasteiger partial charge in [-0.3, -0.25) is 0 Å². The molecular weight excluding hydrogens is 391 g/mol. The van der Waals surface area contributed by atoms with Crippen LogP contribution < -0.4 is 5.32 Å². The summed E-state index contributed by atoms with van der Waals surface area (Å²) >= 11 is 0. The van der Waals surface area contributed by atoms with Crippen molar-refractivity contribution in [2.24, 2.45) is 0 Å². The summed E-state index contributed by atoms with van der Waals surface area (Å²) in [7, 11) is -5.58. The molecule has 1 unspecified atom stereocenters. The third-order valence-corrected chi connectivity index (χ3v) is 5.84. The highest BCUT2D eigenvalue weighted by Gasteiger charge is 2.50. The lowest BCUT2D eigenvalue weighted by Gasteiger charge is -2.25. The van der Waals surface area contributed by atoms with Gasteiger partial charge in [-0.05, 0) is 43.9 Å². The minimum Gasteiger partial charge on any atom is -0.381 e. The number of sulfonamides is 1. The average molecular weight is 412 g/mol. The van der Waals surface area contributed by atoms with E-state index in [9.17, 15) is 30.4 Å². The van der Waals surface area contributed by atoms with Crippen LogP contribution >= 0.6 is 0 Å². The Bertz CT molecular complexity index is 793. The van der Waals surface area contributed by atoms with Crippen molar-refractivity contribution < 1.29 is 30.4 Å². The van der Waals surface area contributed by atoms with E-state index in [1.54, 1.807) is 0 Å². The Hall–Kier alpha value is -1.68. The number of benzene rings is 1. The van der Waals surface area contributed by atoms with Crippen molar-refractivity contribution in [3.05, 3.63) is 41.5 Å². The van der Waals surface area contributed by atoms with E-state index < -0.39 is 41.1 Å². The number of halogens is 5. The number of nitrogens with zero attached hydrogens (tertiary/aromatic N) is 1. The lowest BCUT2D eigenvalue weighted by molar-refractivity contribution is -0.0491. The summed E-state index contributed by atoms with van der Waals surface area (Å²) in [4.78, 5) is 0. The van der Waals surface area contributed by atoms with Crippen molar-refractivity contribution in [1.82, 2.24) is 4.31 Å². The Morgan fingerprint density at radius 2 is 2.04 bits per heavy atom. The molecule has 0 saturated carbocycles. The van der Waals surface area contributed by atoms with Gasteiger partial charge in [0, 0.05) is 30.4 Å². The largest absolute Gasteiger partial charge is 0.511 e. The summed E-state index contributed by atoms with van der Waals surface area (Å²) in [6.07, 6.45) is -1.14. The maximum absolute atomic E-state index is 13.0. The zero-order chi connectivity index (χ0) is 20.4. The van der Waals surface area contributed by atoms with Gasteiger partial charge >= 0.3 is 15.5 Å². The van der Waals surface area contributed by atoms with Crippen LogP contribution in [0.25, 0.3) is 0 Å². The molecule has 0 amide bonds. The third kappa shape index (κ3) is 5.19. The van der Waals surface area contributed by atoms with E-state index in [2.05, 4.69) is 11.9 Å². The first-order chi connectivity index (χ1) is 12.4. The standard InChI is InChI=1S/C17H21F5N2O2S/c1-11(2)4-3-5-14-10-24(27(25,26)17(20,21)22)9-13-8-12(16(18)19)6-7-15(13)23-14/h6-8,14,16,23H,1,3-5,9-10H2,2H3. The topological polar surface area (TPSA) is 49.4 Å². The van der Waals surface area contributed by atoms with Crippen LogP contribution in [-0.4, -0.2) is 30.8 Å². The second kappa shape index (κ2) is 8.14. The molecule has 4 nitrogen and oxygen atoms in total. The molecule has 1 N–H and O–H groups in total. The molecule has 1 heterocycles. The summed E-state index contributed by atoms with van der Waals surface area (Å²) in [5.74, 6) is 0. The number of anilines is 1. The van der Waals surface area contributed by atoms with E-state index in [0.717, 1.165) is 11.6 Å². The zero-order valence-corrected chi connectivity index (χ0v) is 15.5. The van der Waals surface area contributed by atoms with Gasteiger partial charge in [-0.2, -0.15) is 17.5 Å². The van der Waals surface area contributed by atoms with E-state index in [0.29, 0.717) is 29.3 Å². The molecule has 1 aromatic rings. The Labute approximate surface area is 155 Å². The van der Waals surface area contributed by atoms with Crippen molar-refractivity contribution in [2.75, 3.05) is 11.9 Å². The van der Waals surface area contributed by atoms with Gasteiger partial charge in [0.2, 0.25) is 0 Å². The maximum Gasteiger partial charge on any atom is 0.511 e. The summed E-state index contributed by atoms with van der Waals surface area (Å²) in [6, 6.07) is 2.99. The molecule has 0 aromatic heterocycles. The third-order valence-electron chi connectivity index (χ3n) is 4.30. The number of hydrogen-bond donors (Lipinski definition) is 1. The van der Waals surface area contributed by atoms with Crippen LogP contribution in [0.3, 0.4) is 0 Å². The van der Waals surface area contributed by atoms with Gasteiger partial charge in [-0.1, -0.05) is 11.6 Å². The number of allylic oxidation sites excluding steroid dienone is 1. The van der Waals surface area contributed by atoms with Crippen molar-refractivity contribution in [2.45, 2.75) is 50.7 Å². The van der Waals surface area contributed by atoms with Gasteiger partial charge < -0.3 is 5.32 Å². The number of hydrogen-bond acceptors (Lipinski definition) is 3. The van der Waals surface area contributed by atoms with E-state index in [1.165, 1.54) is 12.1 Å². The van der Waals surface area contributed by atoms with Gasteiger partial charge in [0.05, 0.1) is 0 Å². The van der Waals surface area contributed by atoms with Gasteiger partial charge in [-0.15, -0.1) is 6.58 Å². The van der Waals surface area contributed by atoms with Crippen LogP contribution in [0.2, 0.25) is 0 Å². The van der Waals surface area contributed by atoms with E-state index in [-0.39, 0.29) is 11.1 Å². The molecule has 0 saturated heterocycles. The highest BCUT2D eigenvalue weighted by Crippen LogP contribution is 2.34. The summed E-state index contributed by atoms with van der Waals surface area (Å²) in [5, 5.41) is 3.00. The fourth-order valence-electron chi connectivity index (χ4n) is 2.93. The average Bonchev–Trinajstić information content (AvgIpc) is 2.72. The zero-order valence-electron chi connectivity index (χ0n) is 14.7. The van der Waals surface area contributed by atoms with Crippen LogP contribution in [0.1, 0.15) is 43.7 Å². The van der Waals surface area contributed by atoms with Crippen LogP contribution in [-0.2, 0) is 16.6 Å². The van der Waals surface area contributed by atoms with E-state index in [1.807, 2.05) is 6.92 Å². The highest BCUT2D eigenvalue weighted by molar-refractivity contribution is 7.89. The Balaban J connectivity index is 2.37. The number of alkyl halides is 5. The minimum atomic E-state index is -5.58. The van der Waals surface area contributed by atoms with Gasteiger partial charge in [0.15, 0.2) is 0 Å². The Kier molecular flexibility index (Phi) is 6.51. The molecule has 2 rings (SSSR count). The van der Waals surface area contributed by atoms with Crippen LogP contribution in [0.4, 0.5) is 27.6 Å². The second-order valence-corrected chi connectivity index (χ2v) is 8.58. The molecule has 0 fully saturated rings. The normalized spacial score (nSPS) is 18.7. The first kappa shape index (κ1) is 21.6. The Morgan fingerprint density at radius 3 is 2.59 bits per heavy atom. The lowest BCUT2D eigenvalue weighted by atomic mass is 10.1. The van der Waals surface area contributed by atoms with Crippen LogP contribution in [0, 0.1) is 0 Å². The molecule has 27 heavy (non-hydrogen) atoms. The number of fused-ring (bicyclic) bond motifs is 1. The van der Waals surface area contributed by atoms with Gasteiger partial charge in [0.25, 0.3) is 6.43 Å². The monoisotopic (exact) mass is 412 g/mol. The Morgan fingerprint density at radius 1 is 1.37 bits per heavy atom. The van der Waals surface area contributed by atoms with Crippen molar-refractivity contribution >= 4 is 15.7 Å². The maximum atomic E-state index is 13.0. The predicted molar refractivity (Wildman–Crippen MR) is 92.9 cm³/mol. The lowest BCUT2D eigenvalue weighted by Crippen LogP contribution is -2.44.